The summed E-state index contributed by atoms with van der Waals surface area (Å²) in [6, 6.07) is 27.7. The Labute approximate surface area is 384 Å². The van der Waals surface area contributed by atoms with E-state index in [2.05, 4.69) is 211 Å². The van der Waals surface area contributed by atoms with Gasteiger partial charge < -0.3 is 0 Å². The standard InChI is InChI=1S/C23H32.C20H26S.C18H22/c1-15-9-17(3)19(5)21(11-15)13-23(7,8)14-22-12-16(2)10-18(4)20(22)6;1-13-7-15(3)17(5)19(9-13)11-21-12-20-10-14(2)8-16(4)18(20)6;1-11-7-13(3)15(5)17(9-11)18-10-12(2)8-14(4)16(18)6/h9-12H,13-14H2,1-8H3;7-10H,11-12H2,1-6H3;7-10H,1-6H3. The average molecular weight is 845 g/mol. The zero-order chi connectivity index (χ0) is 46.4. The summed E-state index contributed by atoms with van der Waals surface area (Å²) in [5.74, 6) is 2.20. The lowest BCUT2D eigenvalue weighted by molar-refractivity contribution is 0.359. The molecule has 0 nitrogen and oxygen atoms in total. The molecule has 330 valence electrons. The Morgan fingerprint density at radius 1 is 0.290 bits per heavy atom. The Bertz CT molecular complexity index is 2360. The molecule has 0 aromatic heterocycles. The van der Waals surface area contributed by atoms with Crippen LogP contribution in [0.2, 0.25) is 0 Å². The molecule has 1 heteroatoms. The Morgan fingerprint density at radius 3 is 0.806 bits per heavy atom. The maximum absolute atomic E-state index is 2.40. The Hall–Kier alpha value is -4.33. The van der Waals surface area contributed by atoms with Crippen molar-refractivity contribution < 1.29 is 0 Å². The van der Waals surface area contributed by atoms with Crippen molar-refractivity contribution in [3.63, 3.8) is 0 Å². The molecule has 6 rings (SSSR count). The second kappa shape index (κ2) is 21.4. The first-order valence-corrected chi connectivity index (χ1v) is 24.0. The molecular formula is C61H80S. The second-order valence-corrected chi connectivity index (χ2v) is 21.0. The third-order valence-corrected chi connectivity index (χ3v) is 14.5. The van der Waals surface area contributed by atoms with Gasteiger partial charge in [0.05, 0.1) is 0 Å². The molecular weight excluding hydrogens is 765 g/mol. The fourth-order valence-electron chi connectivity index (χ4n) is 9.18. The molecule has 6 aromatic rings. The van der Waals surface area contributed by atoms with Crippen molar-refractivity contribution >= 4 is 11.8 Å². The first kappa shape index (κ1) is 50.3. The van der Waals surface area contributed by atoms with Crippen LogP contribution in [-0.2, 0) is 24.3 Å². The number of thioether (sulfide) groups is 1. The van der Waals surface area contributed by atoms with Crippen molar-refractivity contribution in [1.29, 1.82) is 0 Å². The summed E-state index contributed by atoms with van der Waals surface area (Å²) in [6.45, 7) is 44.7. The lowest BCUT2D eigenvalue weighted by Crippen LogP contribution is -2.20. The molecule has 0 atom stereocenters. The normalized spacial score (nSPS) is 11.2. The van der Waals surface area contributed by atoms with Crippen LogP contribution >= 0.6 is 11.8 Å². The summed E-state index contributed by atoms with van der Waals surface area (Å²) in [6.07, 6.45) is 2.27. The molecule has 0 bridgehead atoms. The van der Waals surface area contributed by atoms with Gasteiger partial charge in [0.2, 0.25) is 0 Å². The van der Waals surface area contributed by atoms with Crippen molar-refractivity contribution in [3.8, 4) is 11.1 Å². The molecule has 0 saturated carbocycles. The van der Waals surface area contributed by atoms with E-state index in [0.29, 0.717) is 0 Å². The third kappa shape index (κ3) is 13.3. The minimum atomic E-state index is 0.260. The predicted molar refractivity (Wildman–Crippen MR) is 279 cm³/mol. The Balaban J connectivity index is 0.000000206. The van der Waals surface area contributed by atoms with Gasteiger partial charge in [0.1, 0.15) is 0 Å². The molecule has 0 fully saturated rings. The maximum Gasteiger partial charge on any atom is 0.0190 e. The van der Waals surface area contributed by atoms with Crippen molar-refractivity contribution in [2.24, 2.45) is 5.41 Å². The van der Waals surface area contributed by atoms with Crippen LogP contribution in [0.1, 0.15) is 136 Å². The second-order valence-electron chi connectivity index (χ2n) is 20.0. The molecule has 0 aliphatic heterocycles. The van der Waals surface area contributed by atoms with E-state index in [1.54, 1.807) is 0 Å². The minimum absolute atomic E-state index is 0.260. The van der Waals surface area contributed by atoms with Gasteiger partial charge in [-0.25, -0.2) is 0 Å². The maximum atomic E-state index is 2.40. The van der Waals surface area contributed by atoms with Crippen LogP contribution in [0.3, 0.4) is 0 Å². The van der Waals surface area contributed by atoms with Crippen molar-refractivity contribution in [2.45, 2.75) is 163 Å². The summed E-state index contributed by atoms with van der Waals surface area (Å²) in [5, 5.41) is 0. The summed E-state index contributed by atoms with van der Waals surface area (Å²) in [5.41, 5.74) is 34.2. The largest absolute Gasteiger partial charge is 0.152 e. The highest BCUT2D eigenvalue weighted by Gasteiger charge is 2.22. The number of rotatable bonds is 9. The molecule has 0 aliphatic carbocycles. The van der Waals surface area contributed by atoms with Crippen LogP contribution in [-0.4, -0.2) is 0 Å². The number of aryl methyl sites for hydroxylation is 12. The van der Waals surface area contributed by atoms with E-state index in [9.17, 15) is 0 Å². The fourth-order valence-corrected chi connectivity index (χ4v) is 10.3. The SMILES string of the molecule is Cc1cc(C)c(C)c(-c2cc(C)cc(C)c2C)c1.Cc1cc(C)c(C)c(CC(C)(C)Cc2cc(C)cc(C)c2C)c1.Cc1cc(C)c(C)c(CSCc2cc(C)cc(C)c2C)c1. The van der Waals surface area contributed by atoms with Gasteiger partial charge in [-0.05, 0) is 243 Å². The zero-order valence-electron chi connectivity index (χ0n) is 42.7. The van der Waals surface area contributed by atoms with Gasteiger partial charge in [-0.3, -0.25) is 0 Å². The van der Waals surface area contributed by atoms with Crippen LogP contribution in [0, 0.1) is 130 Å². The number of hydrogen-bond donors (Lipinski definition) is 0. The molecule has 0 N–H and O–H groups in total. The first-order chi connectivity index (χ1) is 28.9. The molecule has 0 spiro atoms. The van der Waals surface area contributed by atoms with Crippen molar-refractivity contribution in [2.75, 3.05) is 0 Å². The highest BCUT2D eigenvalue weighted by molar-refractivity contribution is 7.97. The van der Waals surface area contributed by atoms with Crippen LogP contribution in [0.4, 0.5) is 0 Å². The molecule has 0 aliphatic rings. The van der Waals surface area contributed by atoms with Crippen molar-refractivity contribution in [3.05, 3.63) is 195 Å². The van der Waals surface area contributed by atoms with Gasteiger partial charge in [0.25, 0.3) is 0 Å². The van der Waals surface area contributed by atoms with E-state index in [4.69, 9.17) is 0 Å². The van der Waals surface area contributed by atoms with E-state index in [0.717, 1.165) is 24.3 Å². The average Bonchev–Trinajstić information content (AvgIpc) is 3.16. The van der Waals surface area contributed by atoms with E-state index >= 15 is 0 Å². The van der Waals surface area contributed by atoms with Crippen molar-refractivity contribution in [1.82, 2.24) is 0 Å². The van der Waals surface area contributed by atoms with Gasteiger partial charge in [-0.15, -0.1) is 0 Å². The Morgan fingerprint density at radius 2 is 0.516 bits per heavy atom. The van der Waals surface area contributed by atoms with E-state index in [-0.39, 0.29) is 5.41 Å². The van der Waals surface area contributed by atoms with Crippen LogP contribution in [0.15, 0.2) is 72.8 Å². The quantitative estimate of drug-likeness (QED) is 0.140. The highest BCUT2D eigenvalue weighted by Crippen LogP contribution is 2.34. The van der Waals surface area contributed by atoms with Gasteiger partial charge in [0, 0.05) is 11.5 Å². The van der Waals surface area contributed by atoms with E-state index in [1.165, 1.54) is 134 Å². The molecule has 0 saturated heterocycles. The van der Waals surface area contributed by atoms with E-state index in [1.807, 2.05) is 11.8 Å². The predicted octanol–water partition coefficient (Wildman–Crippen LogP) is 17.5. The Kier molecular flexibility index (Phi) is 17.3. The van der Waals surface area contributed by atoms with Crippen LogP contribution in [0.5, 0.6) is 0 Å². The lowest BCUT2D eigenvalue weighted by atomic mass is 9.77. The smallest absolute Gasteiger partial charge is 0.0190 e. The molecule has 0 heterocycles. The summed E-state index contributed by atoms with van der Waals surface area (Å²) >= 11 is 2.02. The zero-order valence-corrected chi connectivity index (χ0v) is 43.5. The van der Waals surface area contributed by atoms with E-state index < -0.39 is 0 Å². The van der Waals surface area contributed by atoms with Crippen LogP contribution < -0.4 is 0 Å². The first-order valence-electron chi connectivity index (χ1n) is 22.9. The highest BCUT2D eigenvalue weighted by atomic mass is 32.2. The number of benzene rings is 6. The summed E-state index contributed by atoms with van der Waals surface area (Å²) in [7, 11) is 0. The third-order valence-electron chi connectivity index (χ3n) is 13.4. The topological polar surface area (TPSA) is 0 Å². The minimum Gasteiger partial charge on any atom is -0.152 e. The van der Waals surface area contributed by atoms with Gasteiger partial charge >= 0.3 is 0 Å². The molecule has 6 aromatic carbocycles. The summed E-state index contributed by atoms with van der Waals surface area (Å²) < 4.78 is 0. The monoisotopic (exact) mass is 845 g/mol. The van der Waals surface area contributed by atoms with Gasteiger partial charge in [-0.2, -0.15) is 11.8 Å². The van der Waals surface area contributed by atoms with Gasteiger partial charge in [0.15, 0.2) is 0 Å². The number of hydrogen-bond acceptors (Lipinski definition) is 1. The summed E-state index contributed by atoms with van der Waals surface area (Å²) in [4.78, 5) is 0. The molecule has 0 radical (unpaired) electrons. The fraction of sp³-hybridized carbons (Fsp3) is 0.410. The lowest BCUT2D eigenvalue weighted by Gasteiger charge is -2.28. The molecule has 0 unspecified atom stereocenters. The molecule has 0 amide bonds. The van der Waals surface area contributed by atoms with Crippen LogP contribution in [0.25, 0.3) is 11.1 Å². The van der Waals surface area contributed by atoms with Gasteiger partial charge in [-0.1, -0.05) is 120 Å². The molecule has 62 heavy (non-hydrogen) atoms.